The number of carbonyl (C=O) groups excluding carboxylic acids is 1. The summed E-state index contributed by atoms with van der Waals surface area (Å²) in [7, 11) is 1.62. The minimum atomic E-state index is 0.0999. The van der Waals surface area contributed by atoms with E-state index < -0.39 is 0 Å². The summed E-state index contributed by atoms with van der Waals surface area (Å²) < 4.78 is 6.03. The Hall–Kier alpha value is -1.37. The number of ether oxygens (including phenoxy) is 1. The van der Waals surface area contributed by atoms with E-state index in [2.05, 4.69) is 32.8 Å². The zero-order chi connectivity index (χ0) is 16.2. The summed E-state index contributed by atoms with van der Waals surface area (Å²) in [6.45, 7) is 4.67. The van der Waals surface area contributed by atoms with E-state index in [4.69, 9.17) is 4.74 Å². The molecule has 122 valence electrons. The van der Waals surface area contributed by atoms with E-state index in [0.717, 1.165) is 42.9 Å². The molecule has 1 aliphatic heterocycles. The smallest absolute Gasteiger partial charge is 0.254 e. The number of quaternary nitrogens is 1. The second-order valence-corrected chi connectivity index (χ2v) is 7.33. The molecule has 4 nitrogen and oxygen atoms in total. The number of amides is 1. The maximum atomic E-state index is 12.6. The lowest BCUT2D eigenvalue weighted by Crippen LogP contribution is -3.13. The molecule has 0 spiro atoms. The fraction of sp³-hybridized carbons (Fsp3) is 0.353. The summed E-state index contributed by atoms with van der Waals surface area (Å²) >= 11 is 5.19. The van der Waals surface area contributed by atoms with Crippen molar-refractivity contribution in [2.75, 3.05) is 33.3 Å². The Bertz CT molecular complexity index is 667. The third-order valence-corrected chi connectivity index (χ3v) is 5.54. The summed E-state index contributed by atoms with van der Waals surface area (Å²) in [5, 5.41) is 4.33. The molecule has 1 aromatic carbocycles. The number of nitrogens with zero attached hydrogens (tertiary/aromatic N) is 1. The Morgan fingerprint density at radius 2 is 2.13 bits per heavy atom. The summed E-state index contributed by atoms with van der Waals surface area (Å²) in [6.07, 6.45) is 0. The van der Waals surface area contributed by atoms with E-state index in [1.807, 2.05) is 23.1 Å². The Morgan fingerprint density at radius 1 is 1.35 bits per heavy atom. The third kappa shape index (κ3) is 3.94. The van der Waals surface area contributed by atoms with Crippen LogP contribution in [0, 0.1) is 0 Å². The van der Waals surface area contributed by atoms with Crippen LogP contribution in [0.3, 0.4) is 0 Å². The van der Waals surface area contributed by atoms with Gasteiger partial charge >= 0.3 is 0 Å². The molecule has 6 heteroatoms. The summed E-state index contributed by atoms with van der Waals surface area (Å²) in [5.41, 5.74) is 2.10. The number of carbonyl (C=O) groups is 1. The van der Waals surface area contributed by atoms with Gasteiger partial charge in [-0.25, -0.2) is 0 Å². The van der Waals surface area contributed by atoms with E-state index in [-0.39, 0.29) is 5.91 Å². The number of hydrogen-bond acceptors (Lipinski definition) is 3. The molecule has 1 fully saturated rings. The van der Waals surface area contributed by atoms with E-state index in [1.165, 1.54) is 5.56 Å². The van der Waals surface area contributed by atoms with Gasteiger partial charge in [-0.05, 0) is 51.0 Å². The number of rotatable bonds is 4. The SMILES string of the molecule is COc1ccc(C(=O)N2CC[NH+](Cc3ccsc3)CC2)cc1Br. The molecule has 23 heavy (non-hydrogen) atoms. The minimum Gasteiger partial charge on any atom is -0.496 e. The third-order valence-electron chi connectivity index (χ3n) is 4.19. The maximum absolute atomic E-state index is 12.6. The van der Waals surface area contributed by atoms with Crippen LogP contribution in [-0.4, -0.2) is 44.1 Å². The Labute approximate surface area is 148 Å². The van der Waals surface area contributed by atoms with Gasteiger partial charge in [0.05, 0.1) is 37.8 Å². The molecule has 3 rings (SSSR count). The molecular weight excluding hydrogens is 376 g/mol. The van der Waals surface area contributed by atoms with Crippen molar-refractivity contribution in [3.8, 4) is 5.75 Å². The highest BCUT2D eigenvalue weighted by Crippen LogP contribution is 2.26. The zero-order valence-corrected chi connectivity index (χ0v) is 15.5. The van der Waals surface area contributed by atoms with E-state index in [0.29, 0.717) is 5.56 Å². The van der Waals surface area contributed by atoms with E-state index in [1.54, 1.807) is 23.3 Å². The Kier molecular flexibility index (Phi) is 5.35. The van der Waals surface area contributed by atoms with Crippen LogP contribution in [0.4, 0.5) is 0 Å². The first kappa shape index (κ1) is 16.5. The number of thiophene rings is 1. The molecule has 1 aromatic heterocycles. The predicted octanol–water partition coefficient (Wildman–Crippen LogP) is 2.06. The quantitative estimate of drug-likeness (QED) is 0.859. The average Bonchev–Trinajstić information content (AvgIpc) is 3.08. The monoisotopic (exact) mass is 395 g/mol. The van der Waals surface area contributed by atoms with Crippen LogP contribution in [0.25, 0.3) is 0 Å². The van der Waals surface area contributed by atoms with Gasteiger partial charge in [0.1, 0.15) is 12.3 Å². The van der Waals surface area contributed by atoms with Gasteiger partial charge < -0.3 is 14.5 Å². The van der Waals surface area contributed by atoms with Crippen molar-refractivity contribution in [3.63, 3.8) is 0 Å². The van der Waals surface area contributed by atoms with Crippen LogP contribution in [0.2, 0.25) is 0 Å². The van der Waals surface area contributed by atoms with Gasteiger partial charge in [-0.15, -0.1) is 0 Å². The summed E-state index contributed by atoms with van der Waals surface area (Å²) in [5.74, 6) is 0.842. The van der Waals surface area contributed by atoms with Crippen molar-refractivity contribution in [1.29, 1.82) is 0 Å². The molecule has 2 heterocycles. The van der Waals surface area contributed by atoms with Gasteiger partial charge in [-0.2, -0.15) is 11.3 Å². The van der Waals surface area contributed by atoms with Crippen molar-refractivity contribution < 1.29 is 14.4 Å². The molecule has 0 atom stereocenters. The van der Waals surface area contributed by atoms with E-state index in [9.17, 15) is 4.79 Å². The van der Waals surface area contributed by atoms with Crippen molar-refractivity contribution in [3.05, 3.63) is 50.6 Å². The number of benzene rings is 1. The lowest BCUT2D eigenvalue weighted by molar-refractivity contribution is -0.917. The first-order valence-corrected chi connectivity index (χ1v) is 9.38. The molecule has 1 saturated heterocycles. The Balaban J connectivity index is 1.58. The standard InChI is InChI=1S/C17H19BrN2O2S/c1-22-16-3-2-14(10-15(16)18)17(21)20-7-5-19(6-8-20)11-13-4-9-23-12-13/h2-4,9-10,12H,5-8,11H2,1H3/p+1. The van der Waals surface area contributed by atoms with Gasteiger partial charge in [0, 0.05) is 11.1 Å². The first-order chi connectivity index (χ1) is 11.2. The molecule has 0 aliphatic carbocycles. The van der Waals surface area contributed by atoms with Crippen molar-refractivity contribution >= 4 is 33.2 Å². The normalized spacial score (nSPS) is 15.7. The van der Waals surface area contributed by atoms with Crippen molar-refractivity contribution in [2.24, 2.45) is 0 Å². The van der Waals surface area contributed by atoms with E-state index >= 15 is 0 Å². The lowest BCUT2D eigenvalue weighted by atomic mass is 10.1. The highest BCUT2D eigenvalue weighted by molar-refractivity contribution is 9.10. The van der Waals surface area contributed by atoms with Crippen LogP contribution in [0.1, 0.15) is 15.9 Å². The fourth-order valence-electron chi connectivity index (χ4n) is 2.87. The molecule has 0 saturated carbocycles. The number of halogens is 1. The fourth-order valence-corrected chi connectivity index (χ4v) is 4.08. The molecule has 2 aromatic rings. The topological polar surface area (TPSA) is 34.0 Å². The molecule has 1 amide bonds. The van der Waals surface area contributed by atoms with Gasteiger partial charge in [0.15, 0.2) is 0 Å². The lowest BCUT2D eigenvalue weighted by Gasteiger charge is -2.32. The van der Waals surface area contributed by atoms with Crippen LogP contribution >= 0.6 is 27.3 Å². The van der Waals surface area contributed by atoms with Crippen molar-refractivity contribution in [2.45, 2.75) is 6.54 Å². The average molecular weight is 396 g/mol. The van der Waals surface area contributed by atoms with Crippen LogP contribution < -0.4 is 9.64 Å². The Morgan fingerprint density at radius 3 is 2.74 bits per heavy atom. The van der Waals surface area contributed by atoms with Crippen molar-refractivity contribution in [1.82, 2.24) is 4.90 Å². The van der Waals surface area contributed by atoms with Crippen LogP contribution in [-0.2, 0) is 6.54 Å². The van der Waals surface area contributed by atoms with Gasteiger partial charge in [0.2, 0.25) is 0 Å². The second-order valence-electron chi connectivity index (χ2n) is 5.70. The van der Waals surface area contributed by atoms with Gasteiger partial charge in [-0.3, -0.25) is 4.79 Å². The number of nitrogens with one attached hydrogen (secondary N) is 1. The largest absolute Gasteiger partial charge is 0.496 e. The number of hydrogen-bond donors (Lipinski definition) is 1. The first-order valence-electron chi connectivity index (χ1n) is 7.65. The highest BCUT2D eigenvalue weighted by atomic mass is 79.9. The summed E-state index contributed by atoms with van der Waals surface area (Å²) in [6, 6.07) is 7.68. The van der Waals surface area contributed by atoms with Crippen LogP contribution in [0.15, 0.2) is 39.5 Å². The molecule has 0 radical (unpaired) electrons. The van der Waals surface area contributed by atoms with Gasteiger partial charge in [0.25, 0.3) is 5.91 Å². The minimum absolute atomic E-state index is 0.0999. The van der Waals surface area contributed by atoms with Crippen LogP contribution in [0.5, 0.6) is 5.75 Å². The molecule has 1 N–H and O–H groups in total. The van der Waals surface area contributed by atoms with Gasteiger partial charge in [-0.1, -0.05) is 0 Å². The highest BCUT2D eigenvalue weighted by Gasteiger charge is 2.25. The predicted molar refractivity (Wildman–Crippen MR) is 95.3 cm³/mol. The molecule has 0 bridgehead atoms. The molecule has 1 aliphatic rings. The molecular formula is C17H20BrN2O2S+. The number of methoxy groups -OCH3 is 1. The maximum Gasteiger partial charge on any atom is 0.254 e. The molecule has 0 unspecified atom stereocenters. The zero-order valence-electron chi connectivity index (χ0n) is 13.0. The second kappa shape index (κ2) is 7.47. The number of piperazine rings is 1. The summed E-state index contributed by atoms with van der Waals surface area (Å²) in [4.78, 5) is 16.1.